The number of anilines is 2. The van der Waals surface area contributed by atoms with Crippen molar-refractivity contribution in [3.63, 3.8) is 0 Å². The van der Waals surface area contributed by atoms with E-state index in [0.717, 1.165) is 28.6 Å². The van der Waals surface area contributed by atoms with Gasteiger partial charge >= 0.3 is 0 Å². The molecule has 0 fully saturated rings. The lowest BCUT2D eigenvalue weighted by molar-refractivity contribution is 0.592. The number of aromatic nitrogens is 4. The Morgan fingerprint density at radius 3 is 2.42 bits per heavy atom. The zero-order valence-electron chi connectivity index (χ0n) is 18.6. The van der Waals surface area contributed by atoms with E-state index in [2.05, 4.69) is 39.7 Å². The van der Waals surface area contributed by atoms with Crippen LogP contribution in [0.4, 0.5) is 11.5 Å². The topological polar surface area (TPSA) is 89.2 Å². The van der Waals surface area contributed by atoms with E-state index in [1.807, 2.05) is 50.2 Å². The minimum Gasteiger partial charge on any atom is -0.340 e. The molecule has 0 saturated carbocycles. The van der Waals surface area contributed by atoms with Gasteiger partial charge in [0, 0.05) is 11.1 Å². The highest BCUT2D eigenvalue weighted by molar-refractivity contribution is 7.91. The molecule has 0 spiro atoms. The van der Waals surface area contributed by atoms with Crippen LogP contribution >= 0.6 is 0 Å². The van der Waals surface area contributed by atoms with Crippen molar-refractivity contribution in [2.45, 2.75) is 37.1 Å². The maximum Gasteiger partial charge on any atom is 0.229 e. The molecule has 0 amide bonds. The van der Waals surface area contributed by atoms with E-state index in [1.165, 1.54) is 10.1 Å². The molecule has 3 aromatic carbocycles. The summed E-state index contributed by atoms with van der Waals surface area (Å²) in [6, 6.07) is 20.7. The fourth-order valence-electron chi connectivity index (χ4n) is 3.77. The van der Waals surface area contributed by atoms with Gasteiger partial charge in [0.1, 0.15) is 5.82 Å². The van der Waals surface area contributed by atoms with Crippen LogP contribution in [0.15, 0.2) is 76.7 Å². The average Bonchev–Trinajstić information content (AvgIpc) is 3.26. The van der Waals surface area contributed by atoms with Crippen LogP contribution in [0.1, 0.15) is 23.6 Å². The van der Waals surface area contributed by atoms with E-state index in [9.17, 15) is 8.42 Å². The van der Waals surface area contributed by atoms with Gasteiger partial charge in [-0.1, -0.05) is 42.5 Å². The molecule has 0 bridgehead atoms. The standard InChI is InChI=1S/C25H23N5O2S/c1-4-18-10-12-19(13-11-18)26-23-21-7-5-6-8-22(21)30-24(27-23)25(28-29-30)33(31,32)20-14-9-16(2)17(3)15-20/h5-15H,4H2,1-3H3,(H,26,27). The normalized spacial score (nSPS) is 11.8. The Morgan fingerprint density at radius 1 is 0.939 bits per heavy atom. The molecule has 0 unspecified atom stereocenters. The summed E-state index contributed by atoms with van der Waals surface area (Å²) in [6.07, 6.45) is 0.953. The number of benzene rings is 3. The van der Waals surface area contributed by atoms with E-state index in [4.69, 9.17) is 0 Å². The first-order valence-electron chi connectivity index (χ1n) is 10.7. The van der Waals surface area contributed by atoms with Gasteiger partial charge in [-0.25, -0.2) is 13.4 Å². The second-order valence-corrected chi connectivity index (χ2v) is 9.90. The van der Waals surface area contributed by atoms with Crippen molar-refractivity contribution in [3.8, 4) is 0 Å². The summed E-state index contributed by atoms with van der Waals surface area (Å²) in [4.78, 5) is 4.85. The van der Waals surface area contributed by atoms with Crippen LogP contribution in [0.5, 0.6) is 0 Å². The fourth-order valence-corrected chi connectivity index (χ4v) is 5.09. The number of rotatable bonds is 5. The van der Waals surface area contributed by atoms with Crippen molar-refractivity contribution >= 4 is 37.9 Å². The summed E-state index contributed by atoms with van der Waals surface area (Å²) < 4.78 is 28.4. The molecule has 7 nitrogen and oxygen atoms in total. The molecule has 33 heavy (non-hydrogen) atoms. The van der Waals surface area contributed by atoms with Gasteiger partial charge < -0.3 is 5.32 Å². The van der Waals surface area contributed by atoms with Gasteiger partial charge in [-0.15, -0.1) is 5.10 Å². The summed E-state index contributed by atoms with van der Waals surface area (Å²) in [5.74, 6) is 0.543. The van der Waals surface area contributed by atoms with E-state index >= 15 is 0 Å². The zero-order valence-corrected chi connectivity index (χ0v) is 19.4. The van der Waals surface area contributed by atoms with Crippen LogP contribution < -0.4 is 5.32 Å². The number of para-hydroxylation sites is 1. The lowest BCUT2D eigenvalue weighted by Crippen LogP contribution is -2.06. The van der Waals surface area contributed by atoms with E-state index in [1.54, 1.807) is 18.2 Å². The van der Waals surface area contributed by atoms with Crippen molar-refractivity contribution in [2.24, 2.45) is 0 Å². The van der Waals surface area contributed by atoms with Crippen molar-refractivity contribution in [1.29, 1.82) is 0 Å². The summed E-state index contributed by atoms with van der Waals surface area (Å²) in [7, 11) is -3.91. The van der Waals surface area contributed by atoms with E-state index in [-0.39, 0.29) is 15.6 Å². The molecular formula is C25H23N5O2S. The lowest BCUT2D eigenvalue weighted by atomic mass is 10.1. The Morgan fingerprint density at radius 2 is 1.70 bits per heavy atom. The zero-order chi connectivity index (χ0) is 23.2. The molecule has 8 heteroatoms. The molecule has 0 aliphatic rings. The fraction of sp³-hybridized carbons (Fsp3) is 0.160. The van der Waals surface area contributed by atoms with Crippen LogP contribution in [0.2, 0.25) is 0 Å². The molecule has 2 aromatic heterocycles. The molecule has 0 saturated heterocycles. The van der Waals surface area contributed by atoms with Gasteiger partial charge in [-0.3, -0.25) is 0 Å². The van der Waals surface area contributed by atoms with Crippen molar-refractivity contribution < 1.29 is 8.42 Å². The third kappa shape index (κ3) is 3.62. The van der Waals surface area contributed by atoms with Crippen molar-refractivity contribution in [3.05, 3.63) is 83.4 Å². The third-order valence-corrected chi connectivity index (χ3v) is 7.54. The Labute approximate surface area is 192 Å². The molecule has 0 radical (unpaired) electrons. The molecule has 166 valence electrons. The largest absolute Gasteiger partial charge is 0.340 e. The van der Waals surface area contributed by atoms with Crippen LogP contribution in [0, 0.1) is 13.8 Å². The monoisotopic (exact) mass is 457 g/mol. The van der Waals surface area contributed by atoms with Crippen LogP contribution in [0.3, 0.4) is 0 Å². The minimum atomic E-state index is -3.91. The molecular weight excluding hydrogens is 434 g/mol. The van der Waals surface area contributed by atoms with E-state index in [0.29, 0.717) is 11.3 Å². The van der Waals surface area contributed by atoms with Gasteiger partial charge in [0.05, 0.1) is 10.4 Å². The molecule has 2 heterocycles. The second-order valence-electron chi connectivity index (χ2n) is 8.03. The predicted octanol–water partition coefficient (Wildman–Crippen LogP) is 5.03. The number of hydrogen-bond donors (Lipinski definition) is 1. The first kappa shape index (κ1) is 21.1. The van der Waals surface area contributed by atoms with Crippen LogP contribution in [0.25, 0.3) is 16.6 Å². The highest BCUT2D eigenvalue weighted by Crippen LogP contribution is 2.30. The van der Waals surface area contributed by atoms with Crippen LogP contribution in [-0.4, -0.2) is 28.2 Å². The Hall–Kier alpha value is -3.78. The second kappa shape index (κ2) is 7.97. The first-order chi connectivity index (χ1) is 15.9. The molecule has 0 atom stereocenters. The average molecular weight is 458 g/mol. The summed E-state index contributed by atoms with van der Waals surface area (Å²) in [5.41, 5.74) is 4.90. The first-order valence-corrected chi connectivity index (χ1v) is 12.2. The smallest absolute Gasteiger partial charge is 0.229 e. The number of aryl methyl sites for hydroxylation is 3. The molecule has 0 aliphatic carbocycles. The van der Waals surface area contributed by atoms with Gasteiger partial charge in [0.2, 0.25) is 14.9 Å². The number of sulfone groups is 1. The third-order valence-electron chi connectivity index (χ3n) is 5.89. The summed E-state index contributed by atoms with van der Waals surface area (Å²) in [6.45, 7) is 5.93. The van der Waals surface area contributed by atoms with Gasteiger partial charge in [-0.2, -0.15) is 4.52 Å². The van der Waals surface area contributed by atoms with Gasteiger partial charge in [0.15, 0.2) is 5.65 Å². The van der Waals surface area contributed by atoms with Crippen LogP contribution in [-0.2, 0) is 16.3 Å². The molecule has 1 N–H and O–H groups in total. The van der Waals surface area contributed by atoms with Crippen molar-refractivity contribution in [1.82, 2.24) is 19.8 Å². The Balaban J connectivity index is 1.70. The Bertz CT molecular complexity index is 1610. The molecule has 5 aromatic rings. The SMILES string of the molecule is CCc1ccc(Nc2nc3c(S(=O)(=O)c4ccc(C)c(C)c4)nnn3c3ccccc23)cc1. The highest BCUT2D eigenvalue weighted by Gasteiger charge is 2.27. The summed E-state index contributed by atoms with van der Waals surface area (Å²) in [5, 5.41) is 12.2. The van der Waals surface area contributed by atoms with Gasteiger partial charge in [0.25, 0.3) is 0 Å². The highest BCUT2D eigenvalue weighted by atomic mass is 32.2. The predicted molar refractivity (Wildman–Crippen MR) is 129 cm³/mol. The number of nitrogens with zero attached hydrogens (tertiary/aromatic N) is 4. The van der Waals surface area contributed by atoms with Gasteiger partial charge in [-0.05, 0) is 73.4 Å². The minimum absolute atomic E-state index is 0.166. The maximum atomic E-state index is 13.5. The van der Waals surface area contributed by atoms with Crippen molar-refractivity contribution in [2.75, 3.05) is 5.32 Å². The summed E-state index contributed by atoms with van der Waals surface area (Å²) >= 11 is 0. The number of fused-ring (bicyclic) bond motifs is 3. The lowest BCUT2D eigenvalue weighted by Gasteiger charge is -2.11. The quantitative estimate of drug-likeness (QED) is 0.398. The maximum absolute atomic E-state index is 13.5. The van der Waals surface area contributed by atoms with E-state index < -0.39 is 9.84 Å². The molecule has 5 rings (SSSR count). The Kier molecular flexibility index (Phi) is 5.09. The molecule has 0 aliphatic heterocycles. The number of nitrogens with one attached hydrogen (secondary N) is 1. The number of hydrogen-bond acceptors (Lipinski definition) is 6.